The molecule has 2 unspecified atom stereocenters. The third-order valence-electron chi connectivity index (χ3n) is 7.81. The van der Waals surface area contributed by atoms with Crippen molar-refractivity contribution in [3.63, 3.8) is 0 Å². The SMILES string of the molecule is [C-]#[N+]C1=C(OCOC2C(C)CC(C)CC2C)C(=Nc2ccc(N(CC)CCNS(C)(=O)=O)cc2C)c2nnc(C)n21. The summed E-state index contributed by atoms with van der Waals surface area (Å²) in [5.41, 5.74) is 3.03. The summed E-state index contributed by atoms with van der Waals surface area (Å²) in [4.78, 5) is 10.8. The number of hydrogen-bond donors (Lipinski definition) is 1. The molecule has 1 N–H and O–H groups in total. The van der Waals surface area contributed by atoms with Gasteiger partial charge in [-0.25, -0.2) is 22.7 Å². The van der Waals surface area contributed by atoms with E-state index in [-0.39, 0.29) is 18.7 Å². The molecule has 1 aromatic carbocycles. The molecule has 0 saturated heterocycles. The van der Waals surface area contributed by atoms with Gasteiger partial charge in [0.2, 0.25) is 15.8 Å². The third-order valence-corrected chi connectivity index (χ3v) is 8.54. The van der Waals surface area contributed by atoms with E-state index >= 15 is 0 Å². The molecule has 2 heterocycles. The fourth-order valence-electron chi connectivity index (χ4n) is 6.03. The molecule has 0 amide bonds. The molecular weight excluding hydrogens is 542 g/mol. The van der Waals surface area contributed by atoms with Crippen molar-refractivity contribution in [3.8, 4) is 0 Å². The van der Waals surface area contributed by atoms with Crippen LogP contribution in [0.4, 0.5) is 11.4 Å². The fraction of sp³-hybridized carbons (Fsp3) is 0.586. The molecule has 2 atom stereocenters. The Bertz CT molecular complexity index is 1460. The molecule has 0 radical (unpaired) electrons. The van der Waals surface area contributed by atoms with Crippen LogP contribution in [0, 0.1) is 38.2 Å². The van der Waals surface area contributed by atoms with Crippen LogP contribution in [0.15, 0.2) is 29.0 Å². The molecule has 1 fully saturated rings. The maximum Gasteiger partial charge on any atom is 0.282 e. The smallest absolute Gasteiger partial charge is 0.282 e. The van der Waals surface area contributed by atoms with E-state index in [1.165, 1.54) is 0 Å². The van der Waals surface area contributed by atoms with Crippen molar-refractivity contribution in [2.75, 3.05) is 37.6 Å². The van der Waals surface area contributed by atoms with Gasteiger partial charge in [-0.05, 0) is 68.2 Å². The van der Waals surface area contributed by atoms with Crippen molar-refractivity contribution in [2.24, 2.45) is 22.7 Å². The van der Waals surface area contributed by atoms with Gasteiger partial charge in [-0.3, -0.25) is 0 Å². The lowest BCUT2D eigenvalue weighted by molar-refractivity contribution is -0.116. The number of fused-ring (bicyclic) bond motifs is 1. The number of nitrogens with one attached hydrogen (secondary N) is 1. The van der Waals surface area contributed by atoms with Gasteiger partial charge < -0.3 is 19.2 Å². The lowest BCUT2D eigenvalue weighted by Gasteiger charge is -2.37. The van der Waals surface area contributed by atoms with Crippen LogP contribution < -0.4 is 9.62 Å². The molecule has 41 heavy (non-hydrogen) atoms. The summed E-state index contributed by atoms with van der Waals surface area (Å²) in [6, 6.07) is 5.88. The van der Waals surface area contributed by atoms with E-state index in [9.17, 15) is 8.42 Å². The Morgan fingerprint density at radius 2 is 1.90 bits per heavy atom. The highest BCUT2D eigenvalue weighted by Gasteiger charge is 2.37. The van der Waals surface area contributed by atoms with Crippen LogP contribution in [0.3, 0.4) is 0 Å². The number of benzene rings is 1. The number of aliphatic imine (C=N–C) groups is 1. The number of allylic oxidation sites excluding steroid dienone is 1. The zero-order chi connectivity index (χ0) is 29.9. The maximum absolute atomic E-state index is 11.5. The molecule has 1 saturated carbocycles. The van der Waals surface area contributed by atoms with Crippen molar-refractivity contribution in [1.29, 1.82) is 0 Å². The van der Waals surface area contributed by atoms with Gasteiger partial charge in [-0.1, -0.05) is 27.3 Å². The monoisotopic (exact) mass is 583 g/mol. The first-order valence-electron chi connectivity index (χ1n) is 14.1. The maximum atomic E-state index is 11.5. The number of sulfonamides is 1. The Morgan fingerprint density at radius 3 is 2.51 bits per heavy atom. The highest BCUT2D eigenvalue weighted by Crippen LogP contribution is 2.36. The zero-order valence-corrected chi connectivity index (χ0v) is 25.8. The van der Waals surface area contributed by atoms with Crippen LogP contribution in [0.2, 0.25) is 0 Å². The summed E-state index contributed by atoms with van der Waals surface area (Å²) < 4.78 is 39.5. The molecule has 11 nitrogen and oxygen atoms in total. The molecule has 1 aromatic heterocycles. The van der Waals surface area contributed by atoms with E-state index in [2.05, 4.69) is 45.4 Å². The predicted molar refractivity (Wildman–Crippen MR) is 160 cm³/mol. The number of rotatable bonds is 11. The van der Waals surface area contributed by atoms with E-state index < -0.39 is 10.0 Å². The van der Waals surface area contributed by atoms with Gasteiger partial charge in [-0.15, -0.1) is 10.2 Å². The number of likely N-dealkylation sites (N-methyl/N-ethyl adjacent to an activating group) is 1. The molecule has 1 aliphatic carbocycles. The summed E-state index contributed by atoms with van der Waals surface area (Å²) in [7, 11) is -3.25. The van der Waals surface area contributed by atoms with Gasteiger partial charge >= 0.3 is 0 Å². The Hall–Kier alpha value is -3.27. The Labute approximate surface area is 243 Å². The number of nitrogens with zero attached hydrogens (tertiary/aromatic N) is 6. The Balaban J connectivity index is 1.58. The van der Waals surface area contributed by atoms with Crippen molar-refractivity contribution in [1.82, 2.24) is 19.5 Å². The molecular formula is C29H41N7O4S. The summed E-state index contributed by atoms with van der Waals surface area (Å²) in [5, 5.41) is 8.48. The number of hydrogen-bond acceptors (Lipinski definition) is 8. The second-order valence-electron chi connectivity index (χ2n) is 11.3. The van der Waals surface area contributed by atoms with Crippen LogP contribution in [-0.4, -0.2) is 67.7 Å². The largest absolute Gasteiger partial charge is 0.474 e. The molecule has 0 bridgehead atoms. The van der Waals surface area contributed by atoms with Crippen LogP contribution in [0.5, 0.6) is 0 Å². The van der Waals surface area contributed by atoms with E-state index in [4.69, 9.17) is 21.0 Å². The quantitative estimate of drug-likeness (QED) is 0.306. The minimum atomic E-state index is -3.25. The number of aryl methyl sites for hydroxylation is 2. The lowest BCUT2D eigenvalue weighted by atomic mass is 9.75. The van der Waals surface area contributed by atoms with Crippen LogP contribution in [0.25, 0.3) is 10.7 Å². The van der Waals surface area contributed by atoms with E-state index in [0.29, 0.717) is 66.2 Å². The lowest BCUT2D eigenvalue weighted by Crippen LogP contribution is -2.36. The van der Waals surface area contributed by atoms with Gasteiger partial charge in [-0.2, -0.15) is 0 Å². The summed E-state index contributed by atoms with van der Waals surface area (Å²) in [5.74, 6) is 3.18. The first-order valence-corrected chi connectivity index (χ1v) is 16.0. The molecule has 4 rings (SSSR count). The highest BCUT2D eigenvalue weighted by molar-refractivity contribution is 7.88. The van der Waals surface area contributed by atoms with Crippen molar-refractivity contribution >= 4 is 32.9 Å². The topological polar surface area (TPSA) is 115 Å². The van der Waals surface area contributed by atoms with Crippen LogP contribution >= 0.6 is 0 Å². The average Bonchev–Trinajstić information content (AvgIpc) is 3.41. The minimum absolute atomic E-state index is 0.0172. The molecule has 0 spiro atoms. The average molecular weight is 584 g/mol. The van der Waals surface area contributed by atoms with Crippen LogP contribution in [-0.2, 0) is 19.5 Å². The second kappa shape index (κ2) is 12.7. The van der Waals surface area contributed by atoms with Gasteiger partial charge in [0, 0.05) is 32.2 Å². The number of ether oxygens (including phenoxy) is 2. The molecule has 2 aromatic rings. The highest BCUT2D eigenvalue weighted by atomic mass is 32.2. The van der Waals surface area contributed by atoms with Gasteiger partial charge in [0.1, 0.15) is 0 Å². The predicted octanol–water partition coefficient (Wildman–Crippen LogP) is 4.51. The fourth-order valence-corrected chi connectivity index (χ4v) is 6.49. The van der Waals surface area contributed by atoms with Crippen molar-refractivity contribution < 1.29 is 17.9 Å². The minimum Gasteiger partial charge on any atom is -0.474 e. The molecule has 222 valence electrons. The normalized spacial score (nSPS) is 23.5. The number of aromatic nitrogens is 3. The van der Waals surface area contributed by atoms with E-state index in [1.54, 1.807) is 11.5 Å². The first-order chi connectivity index (χ1) is 19.4. The summed E-state index contributed by atoms with van der Waals surface area (Å²) in [6.45, 7) is 22.0. The Kier molecular flexibility index (Phi) is 9.51. The van der Waals surface area contributed by atoms with E-state index in [0.717, 1.165) is 30.3 Å². The second-order valence-corrected chi connectivity index (χ2v) is 13.1. The van der Waals surface area contributed by atoms with Crippen molar-refractivity contribution in [3.05, 3.63) is 52.6 Å². The molecule has 12 heteroatoms. The standard InChI is InChI=1S/C29H41N7O4S/c1-9-35(13-12-31-41(8,37)38)23-10-11-24(19(3)16-23)32-25-27(29(30-7)36-22(6)33-34-28(25)36)40-17-39-26-20(4)14-18(2)15-21(26)5/h10-11,16,18,20-21,26,31H,9,12-15,17H2,1-6,8H3. The molecule has 1 aliphatic heterocycles. The first kappa shape index (κ1) is 30.7. The van der Waals surface area contributed by atoms with Gasteiger partial charge in [0.05, 0.1) is 18.0 Å². The summed E-state index contributed by atoms with van der Waals surface area (Å²) in [6.07, 6.45) is 3.49. The van der Waals surface area contributed by atoms with Crippen molar-refractivity contribution in [2.45, 2.75) is 60.5 Å². The van der Waals surface area contributed by atoms with E-state index in [1.807, 2.05) is 32.0 Å². The number of anilines is 1. The Morgan fingerprint density at radius 1 is 1.20 bits per heavy atom. The van der Waals surface area contributed by atoms with Gasteiger partial charge in [0.15, 0.2) is 18.3 Å². The van der Waals surface area contributed by atoms with Crippen LogP contribution in [0.1, 0.15) is 57.7 Å². The summed E-state index contributed by atoms with van der Waals surface area (Å²) >= 11 is 0. The molecule has 2 aliphatic rings. The zero-order valence-electron chi connectivity index (χ0n) is 25.0. The third kappa shape index (κ3) is 6.97. The van der Waals surface area contributed by atoms with Gasteiger partial charge in [0.25, 0.3) is 11.6 Å².